The molecule has 0 spiro atoms. The van der Waals surface area contributed by atoms with E-state index in [0.717, 1.165) is 49.4 Å². The second kappa shape index (κ2) is 7.51. The van der Waals surface area contributed by atoms with E-state index in [1.54, 1.807) is 6.20 Å². The molecule has 1 saturated carbocycles. The Morgan fingerprint density at radius 2 is 2.22 bits per heavy atom. The van der Waals surface area contributed by atoms with Gasteiger partial charge in [-0.15, -0.1) is 0 Å². The second-order valence-electron chi connectivity index (χ2n) is 7.16. The molecule has 9 nitrogen and oxygen atoms in total. The van der Waals surface area contributed by atoms with Crippen LogP contribution in [0.4, 0.5) is 0 Å². The second-order valence-corrected chi connectivity index (χ2v) is 7.16. The highest BCUT2D eigenvalue weighted by Crippen LogP contribution is 2.20. The number of hydrogen-bond acceptors (Lipinski definition) is 6. The van der Waals surface area contributed by atoms with Gasteiger partial charge in [0.05, 0.1) is 31.2 Å². The van der Waals surface area contributed by atoms with Crippen LogP contribution in [0.25, 0.3) is 0 Å². The maximum Gasteiger partial charge on any atom is 0.356 e. The van der Waals surface area contributed by atoms with E-state index in [1.165, 1.54) is 7.11 Å². The lowest BCUT2D eigenvalue weighted by molar-refractivity contribution is -0.121. The van der Waals surface area contributed by atoms with Crippen molar-refractivity contribution in [2.45, 2.75) is 51.4 Å². The van der Waals surface area contributed by atoms with Gasteiger partial charge >= 0.3 is 5.97 Å². The maximum absolute atomic E-state index is 11.9. The van der Waals surface area contributed by atoms with Crippen LogP contribution in [0.5, 0.6) is 0 Å². The van der Waals surface area contributed by atoms with E-state index in [4.69, 9.17) is 4.74 Å². The minimum Gasteiger partial charge on any atom is -0.464 e. The molecule has 2 aromatic heterocycles. The number of aromatic nitrogens is 4. The van der Waals surface area contributed by atoms with Gasteiger partial charge in [0, 0.05) is 44.1 Å². The number of nitrogens with zero attached hydrogens (tertiary/aromatic N) is 4. The number of H-pyrrole nitrogens is 1. The Morgan fingerprint density at radius 3 is 3.00 bits per heavy atom. The Morgan fingerprint density at radius 1 is 1.37 bits per heavy atom. The van der Waals surface area contributed by atoms with E-state index in [-0.39, 0.29) is 5.91 Å². The fourth-order valence-electron chi connectivity index (χ4n) is 3.36. The first kappa shape index (κ1) is 17.7. The molecular formula is C18H24N6O3. The SMILES string of the molecule is COC(=O)c1[nH]ncc1CN1CCn2nc(CCC(=O)NC3CC3)cc2C1. The van der Waals surface area contributed by atoms with Gasteiger partial charge in [0.15, 0.2) is 0 Å². The van der Waals surface area contributed by atoms with Crippen LogP contribution in [0, 0.1) is 0 Å². The number of carbonyl (C=O) groups is 2. The lowest BCUT2D eigenvalue weighted by Gasteiger charge is -2.27. The molecule has 0 saturated heterocycles. The number of carbonyl (C=O) groups excluding carboxylic acids is 2. The molecule has 1 fully saturated rings. The van der Waals surface area contributed by atoms with Crippen molar-refractivity contribution in [2.24, 2.45) is 0 Å². The summed E-state index contributed by atoms with van der Waals surface area (Å²) in [6, 6.07) is 2.48. The summed E-state index contributed by atoms with van der Waals surface area (Å²) >= 11 is 0. The standard InChI is InChI=1S/C18H24N6O3/c1-27-18(26)17-12(9-19-21-17)10-23-6-7-24-15(11-23)8-14(22-24)4-5-16(25)20-13-2-3-13/h8-9,13H,2-7,10-11H2,1H3,(H,19,21)(H,20,25). The molecule has 27 heavy (non-hydrogen) atoms. The summed E-state index contributed by atoms with van der Waals surface area (Å²) in [6.07, 6.45) is 5.02. The van der Waals surface area contributed by atoms with Crippen molar-refractivity contribution < 1.29 is 14.3 Å². The Hall–Kier alpha value is -2.68. The summed E-state index contributed by atoms with van der Waals surface area (Å²) in [4.78, 5) is 25.9. The molecule has 0 aromatic carbocycles. The normalized spacial score (nSPS) is 16.8. The van der Waals surface area contributed by atoms with Gasteiger partial charge in [-0.2, -0.15) is 10.2 Å². The van der Waals surface area contributed by atoms with Crippen molar-refractivity contribution in [2.75, 3.05) is 13.7 Å². The number of amides is 1. The van der Waals surface area contributed by atoms with Gasteiger partial charge in [0.25, 0.3) is 0 Å². The molecule has 3 heterocycles. The van der Waals surface area contributed by atoms with E-state index < -0.39 is 5.97 Å². The fraction of sp³-hybridized carbons (Fsp3) is 0.556. The fourth-order valence-corrected chi connectivity index (χ4v) is 3.36. The number of aryl methyl sites for hydroxylation is 1. The third-order valence-electron chi connectivity index (χ3n) is 4.98. The van der Waals surface area contributed by atoms with Crippen LogP contribution in [0.15, 0.2) is 12.3 Å². The smallest absolute Gasteiger partial charge is 0.356 e. The molecular weight excluding hydrogens is 348 g/mol. The summed E-state index contributed by atoms with van der Waals surface area (Å²) in [5.74, 6) is -0.295. The number of hydrogen-bond donors (Lipinski definition) is 2. The zero-order valence-electron chi connectivity index (χ0n) is 15.4. The number of fused-ring (bicyclic) bond motifs is 1. The van der Waals surface area contributed by atoms with Crippen LogP contribution in [-0.2, 0) is 35.6 Å². The zero-order valence-corrected chi connectivity index (χ0v) is 15.4. The van der Waals surface area contributed by atoms with Crippen LogP contribution in [0.3, 0.4) is 0 Å². The average Bonchev–Trinajstić information content (AvgIpc) is 3.19. The van der Waals surface area contributed by atoms with Gasteiger partial charge in [0.1, 0.15) is 5.69 Å². The highest BCUT2D eigenvalue weighted by molar-refractivity contribution is 5.88. The van der Waals surface area contributed by atoms with E-state index in [9.17, 15) is 9.59 Å². The van der Waals surface area contributed by atoms with E-state index in [2.05, 4.69) is 31.6 Å². The van der Waals surface area contributed by atoms with Crippen LogP contribution < -0.4 is 5.32 Å². The van der Waals surface area contributed by atoms with E-state index in [0.29, 0.717) is 31.1 Å². The maximum atomic E-state index is 11.9. The molecule has 1 amide bonds. The first-order valence-corrected chi connectivity index (χ1v) is 9.30. The molecule has 0 unspecified atom stereocenters. The zero-order chi connectivity index (χ0) is 18.8. The van der Waals surface area contributed by atoms with E-state index >= 15 is 0 Å². The van der Waals surface area contributed by atoms with Crippen molar-refractivity contribution in [1.82, 2.24) is 30.2 Å². The molecule has 0 radical (unpaired) electrons. The highest BCUT2D eigenvalue weighted by Gasteiger charge is 2.24. The number of nitrogens with one attached hydrogen (secondary N) is 2. The minimum atomic E-state index is -0.406. The van der Waals surface area contributed by atoms with Crippen molar-refractivity contribution in [3.8, 4) is 0 Å². The summed E-state index contributed by atoms with van der Waals surface area (Å²) in [5, 5.41) is 14.3. The van der Waals surface area contributed by atoms with Gasteiger partial charge in [-0.1, -0.05) is 0 Å². The Balaban J connectivity index is 1.34. The van der Waals surface area contributed by atoms with E-state index in [1.807, 2.05) is 4.68 Å². The summed E-state index contributed by atoms with van der Waals surface area (Å²) < 4.78 is 6.80. The highest BCUT2D eigenvalue weighted by atomic mass is 16.5. The quantitative estimate of drug-likeness (QED) is 0.691. The first-order chi connectivity index (χ1) is 13.1. The molecule has 2 aliphatic rings. The van der Waals surface area contributed by atoms with Crippen molar-refractivity contribution in [3.05, 3.63) is 34.9 Å². The van der Waals surface area contributed by atoms with Crippen molar-refractivity contribution in [1.29, 1.82) is 0 Å². The molecule has 0 bridgehead atoms. The van der Waals surface area contributed by atoms with Crippen molar-refractivity contribution in [3.63, 3.8) is 0 Å². The number of rotatable bonds is 7. The molecule has 9 heteroatoms. The van der Waals surface area contributed by atoms with Crippen LogP contribution in [0.1, 0.15) is 46.7 Å². The third-order valence-corrected chi connectivity index (χ3v) is 4.98. The lowest BCUT2D eigenvalue weighted by Crippen LogP contribution is -2.33. The number of aromatic amines is 1. The lowest BCUT2D eigenvalue weighted by atomic mass is 10.2. The minimum absolute atomic E-state index is 0.111. The first-order valence-electron chi connectivity index (χ1n) is 9.30. The van der Waals surface area contributed by atoms with Gasteiger partial charge in [-0.25, -0.2) is 4.79 Å². The molecule has 1 aliphatic heterocycles. The summed E-state index contributed by atoms with van der Waals surface area (Å²) in [6.45, 7) is 2.98. The van der Waals surface area contributed by atoms with Gasteiger partial charge in [-0.3, -0.25) is 19.5 Å². The molecule has 2 aromatic rings. The van der Waals surface area contributed by atoms with Gasteiger partial charge in [-0.05, 0) is 18.9 Å². The monoisotopic (exact) mass is 372 g/mol. The topological polar surface area (TPSA) is 105 Å². The van der Waals surface area contributed by atoms with Gasteiger partial charge in [0.2, 0.25) is 5.91 Å². The van der Waals surface area contributed by atoms with Crippen molar-refractivity contribution >= 4 is 11.9 Å². The average molecular weight is 372 g/mol. The molecule has 0 atom stereocenters. The Labute approximate surface area is 157 Å². The molecule has 144 valence electrons. The molecule has 2 N–H and O–H groups in total. The van der Waals surface area contributed by atoms with Crippen LogP contribution >= 0.6 is 0 Å². The molecule has 4 rings (SSSR count). The predicted octanol–water partition coefficient (Wildman–Crippen LogP) is 0.620. The summed E-state index contributed by atoms with van der Waals surface area (Å²) in [5.41, 5.74) is 3.31. The number of methoxy groups -OCH3 is 1. The number of esters is 1. The van der Waals surface area contributed by atoms with Crippen LogP contribution in [0.2, 0.25) is 0 Å². The molecule has 1 aliphatic carbocycles. The Bertz CT molecular complexity index is 838. The predicted molar refractivity (Wildman–Crippen MR) is 95.8 cm³/mol. The van der Waals surface area contributed by atoms with Crippen LogP contribution in [-0.4, -0.2) is 56.5 Å². The number of ether oxygens (including phenoxy) is 1. The third kappa shape index (κ3) is 4.19. The summed E-state index contributed by atoms with van der Waals surface area (Å²) in [7, 11) is 1.36. The Kier molecular flexibility index (Phi) is 4.93. The van der Waals surface area contributed by atoms with Gasteiger partial charge < -0.3 is 10.1 Å². The largest absolute Gasteiger partial charge is 0.464 e.